The van der Waals surface area contributed by atoms with Crippen LogP contribution in [0.1, 0.15) is 30.2 Å². The van der Waals surface area contributed by atoms with E-state index in [0.29, 0.717) is 30.9 Å². The van der Waals surface area contributed by atoms with E-state index in [1.54, 1.807) is 15.2 Å². The minimum absolute atomic E-state index is 0.0339. The maximum absolute atomic E-state index is 14.9. The average Bonchev–Trinajstić information content (AvgIpc) is 3.52. The van der Waals surface area contributed by atoms with Gasteiger partial charge in [-0.2, -0.15) is 18.2 Å². The number of thiophene rings is 2. The lowest BCUT2D eigenvalue weighted by molar-refractivity contribution is -0.137. The zero-order chi connectivity index (χ0) is 30.8. The lowest BCUT2D eigenvalue weighted by Gasteiger charge is -2.44. The normalized spacial score (nSPS) is 20.9. The Bertz CT molecular complexity index is 1810. The van der Waals surface area contributed by atoms with Crippen molar-refractivity contribution in [3.8, 4) is 10.4 Å². The standard InChI is InChI=1S/C29H25ClF4N4O2S3/c1-4-23(39)38-14(2)8-36(9-15(38)3)27-19-7-20(29(32,33)34)24(22-5-17(30)12-41-22)26-25(19)37(28(40)35-27)10-16(11-43-26)21-6-18(31)13-42-21/h4-7,12-16H,1,8-11H2,2-3H3/t14-,15+,16-/m1/s1. The Morgan fingerprint density at radius 2 is 1.84 bits per heavy atom. The third kappa shape index (κ3) is 5.38. The van der Waals surface area contributed by atoms with E-state index in [0.717, 1.165) is 17.4 Å². The number of hydrogen-bond donors (Lipinski definition) is 0. The highest BCUT2D eigenvalue weighted by Gasteiger charge is 2.40. The van der Waals surface area contributed by atoms with Gasteiger partial charge in [-0.25, -0.2) is 9.18 Å². The van der Waals surface area contributed by atoms with Gasteiger partial charge in [-0.15, -0.1) is 34.4 Å². The summed E-state index contributed by atoms with van der Waals surface area (Å²) in [5, 5.41) is 3.46. The molecule has 6 nitrogen and oxygen atoms in total. The maximum Gasteiger partial charge on any atom is 0.417 e. The topological polar surface area (TPSA) is 58.4 Å². The SMILES string of the molecule is C=CC(=O)N1[C@H](C)CN(c2nc(=O)n3c4c(c(-c5cc(Cl)cs5)c(C(F)(F)F)cc24)SC[C@H](c2cc(F)cs2)C3)C[C@@H]1C. The summed E-state index contributed by atoms with van der Waals surface area (Å²) in [5.41, 5.74) is -1.13. The van der Waals surface area contributed by atoms with Gasteiger partial charge in [0.15, 0.2) is 0 Å². The summed E-state index contributed by atoms with van der Waals surface area (Å²) in [4.78, 5) is 35.5. The van der Waals surface area contributed by atoms with Gasteiger partial charge in [0.1, 0.15) is 11.6 Å². The highest BCUT2D eigenvalue weighted by atomic mass is 35.5. The Labute approximate surface area is 261 Å². The summed E-state index contributed by atoms with van der Waals surface area (Å²) in [7, 11) is 0. The second-order valence-corrected chi connectivity index (χ2v) is 14.0. The van der Waals surface area contributed by atoms with Crippen LogP contribution in [0.25, 0.3) is 21.3 Å². The lowest BCUT2D eigenvalue weighted by atomic mass is 10.00. The number of anilines is 1. The van der Waals surface area contributed by atoms with E-state index in [2.05, 4.69) is 11.6 Å². The van der Waals surface area contributed by atoms with Crippen LogP contribution < -0.4 is 10.6 Å². The molecule has 0 N–H and O–H groups in total. The lowest BCUT2D eigenvalue weighted by Crippen LogP contribution is -2.58. The van der Waals surface area contributed by atoms with Gasteiger partial charge in [0.25, 0.3) is 0 Å². The molecule has 3 aromatic heterocycles. The third-order valence-electron chi connectivity index (χ3n) is 7.79. The van der Waals surface area contributed by atoms with E-state index in [9.17, 15) is 27.2 Å². The molecule has 14 heteroatoms. The number of benzene rings is 1. The number of thioether (sulfide) groups is 1. The van der Waals surface area contributed by atoms with Gasteiger partial charge >= 0.3 is 11.9 Å². The molecule has 5 heterocycles. The monoisotopic (exact) mass is 668 g/mol. The molecule has 0 unspecified atom stereocenters. The number of rotatable bonds is 4. The molecule has 0 saturated carbocycles. The molecule has 2 aliphatic heterocycles. The Balaban J connectivity index is 1.62. The molecular weight excluding hydrogens is 644 g/mol. The van der Waals surface area contributed by atoms with E-state index in [1.165, 1.54) is 51.3 Å². The summed E-state index contributed by atoms with van der Waals surface area (Å²) < 4.78 is 60.0. The molecule has 43 heavy (non-hydrogen) atoms. The number of aromatic nitrogens is 2. The molecule has 6 rings (SSSR count). The first-order chi connectivity index (χ1) is 20.4. The van der Waals surface area contributed by atoms with Gasteiger partial charge in [0, 0.05) is 79.7 Å². The number of piperazine rings is 1. The predicted octanol–water partition coefficient (Wildman–Crippen LogP) is 7.50. The van der Waals surface area contributed by atoms with Gasteiger partial charge in [-0.3, -0.25) is 9.36 Å². The zero-order valence-corrected chi connectivity index (χ0v) is 26.2. The molecule has 1 amide bonds. The van der Waals surface area contributed by atoms with Crippen LogP contribution in [-0.4, -0.2) is 51.3 Å². The van der Waals surface area contributed by atoms with Crippen LogP contribution in [0.2, 0.25) is 5.02 Å². The quantitative estimate of drug-likeness (QED) is 0.167. The molecule has 1 saturated heterocycles. The first-order valence-electron chi connectivity index (χ1n) is 13.4. The molecule has 226 valence electrons. The van der Waals surface area contributed by atoms with Crippen LogP contribution in [0.5, 0.6) is 0 Å². The number of amides is 1. The van der Waals surface area contributed by atoms with E-state index < -0.39 is 23.2 Å². The van der Waals surface area contributed by atoms with Crippen molar-refractivity contribution in [1.82, 2.24) is 14.5 Å². The highest BCUT2D eigenvalue weighted by molar-refractivity contribution is 7.99. The zero-order valence-electron chi connectivity index (χ0n) is 23.0. The van der Waals surface area contributed by atoms with Crippen molar-refractivity contribution in [3.05, 3.63) is 73.4 Å². The molecule has 0 spiro atoms. The third-order valence-corrected chi connectivity index (χ3v) is 11.4. The second kappa shape index (κ2) is 11.2. The number of hydrogen-bond acceptors (Lipinski definition) is 7. The van der Waals surface area contributed by atoms with Gasteiger partial charge < -0.3 is 9.80 Å². The summed E-state index contributed by atoms with van der Waals surface area (Å²) in [6.45, 7) is 7.92. The fourth-order valence-corrected chi connectivity index (χ4v) is 9.60. The Kier molecular flexibility index (Phi) is 7.89. The number of alkyl halides is 3. The van der Waals surface area contributed by atoms with Crippen molar-refractivity contribution >= 4 is 68.7 Å². The van der Waals surface area contributed by atoms with E-state index >= 15 is 0 Å². The van der Waals surface area contributed by atoms with E-state index in [4.69, 9.17) is 11.6 Å². The predicted molar refractivity (Wildman–Crippen MR) is 165 cm³/mol. The summed E-state index contributed by atoms with van der Waals surface area (Å²) >= 11 is 9.72. The smallest absolute Gasteiger partial charge is 0.352 e. The number of carbonyl (C=O) groups excluding carboxylic acids is 1. The Hall–Kier alpha value is -2.87. The van der Waals surface area contributed by atoms with Crippen LogP contribution in [0.15, 0.2) is 51.3 Å². The molecule has 1 fully saturated rings. The average molecular weight is 669 g/mol. The fraction of sp³-hybridized carbons (Fsp3) is 0.345. The van der Waals surface area contributed by atoms with E-state index in [-0.39, 0.29) is 60.3 Å². The van der Waals surface area contributed by atoms with E-state index in [1.807, 2.05) is 13.8 Å². The summed E-state index contributed by atoms with van der Waals surface area (Å²) in [6, 6.07) is 3.36. The van der Waals surface area contributed by atoms with Crippen molar-refractivity contribution in [1.29, 1.82) is 0 Å². The maximum atomic E-state index is 14.9. The van der Waals surface area contributed by atoms with Crippen LogP contribution in [-0.2, 0) is 17.5 Å². The molecule has 3 atom stereocenters. The Morgan fingerprint density at radius 1 is 1.12 bits per heavy atom. The van der Waals surface area contributed by atoms with Crippen LogP contribution in [0.4, 0.5) is 23.4 Å². The molecule has 0 radical (unpaired) electrons. The van der Waals surface area contributed by atoms with Crippen molar-refractivity contribution in [3.63, 3.8) is 0 Å². The van der Waals surface area contributed by atoms with Crippen LogP contribution in [0, 0.1) is 5.82 Å². The number of halogens is 5. The molecule has 0 aliphatic carbocycles. The Morgan fingerprint density at radius 3 is 2.42 bits per heavy atom. The van der Waals surface area contributed by atoms with Gasteiger partial charge in [0.2, 0.25) is 5.91 Å². The van der Waals surface area contributed by atoms with Gasteiger partial charge in [-0.05, 0) is 38.1 Å². The molecule has 1 aromatic carbocycles. The molecule has 2 aliphatic rings. The first-order valence-corrected chi connectivity index (χ1v) is 16.5. The van der Waals surface area contributed by atoms with Crippen molar-refractivity contribution < 1.29 is 22.4 Å². The minimum Gasteiger partial charge on any atom is -0.352 e. The first kappa shape index (κ1) is 30.2. The summed E-state index contributed by atoms with van der Waals surface area (Å²) in [6.07, 6.45) is -3.49. The summed E-state index contributed by atoms with van der Waals surface area (Å²) in [5.74, 6) is -0.502. The van der Waals surface area contributed by atoms with Crippen molar-refractivity contribution in [2.75, 3.05) is 23.7 Å². The minimum atomic E-state index is -4.73. The number of carbonyl (C=O) groups is 1. The fourth-order valence-electron chi connectivity index (χ4n) is 6.06. The molecular formula is C29H25ClF4N4O2S3. The van der Waals surface area contributed by atoms with Gasteiger partial charge in [0.05, 0.1) is 16.1 Å². The highest BCUT2D eigenvalue weighted by Crippen LogP contribution is 2.51. The van der Waals surface area contributed by atoms with Crippen LogP contribution >= 0.6 is 46.0 Å². The second-order valence-electron chi connectivity index (χ2n) is 10.7. The van der Waals surface area contributed by atoms with Crippen LogP contribution in [0.3, 0.4) is 0 Å². The van der Waals surface area contributed by atoms with Crippen molar-refractivity contribution in [2.45, 2.75) is 49.5 Å². The largest absolute Gasteiger partial charge is 0.417 e. The molecule has 4 aromatic rings. The number of nitrogens with zero attached hydrogens (tertiary/aromatic N) is 4. The van der Waals surface area contributed by atoms with Gasteiger partial charge in [-0.1, -0.05) is 18.2 Å². The molecule has 0 bridgehead atoms. The van der Waals surface area contributed by atoms with Crippen molar-refractivity contribution in [2.24, 2.45) is 0 Å².